The summed E-state index contributed by atoms with van der Waals surface area (Å²) in [4.78, 5) is 1.27. The first kappa shape index (κ1) is 21.0. The van der Waals surface area contributed by atoms with Crippen LogP contribution in [0, 0.1) is 6.92 Å². The lowest BCUT2D eigenvalue weighted by Gasteiger charge is -2.37. The molecule has 0 radical (unpaired) electrons. The van der Waals surface area contributed by atoms with Crippen molar-refractivity contribution in [2.75, 3.05) is 12.4 Å². The van der Waals surface area contributed by atoms with Crippen molar-refractivity contribution in [3.8, 4) is 0 Å². The van der Waals surface area contributed by atoms with E-state index in [4.69, 9.17) is 13.9 Å². The van der Waals surface area contributed by atoms with Crippen LogP contribution < -0.4 is 0 Å². The van der Waals surface area contributed by atoms with E-state index in [-0.39, 0.29) is 17.2 Å². The van der Waals surface area contributed by atoms with Gasteiger partial charge < -0.3 is 13.9 Å². The Morgan fingerprint density at radius 3 is 2.20 bits per heavy atom. The number of aryl methyl sites for hydroxylation is 1. The van der Waals surface area contributed by atoms with Gasteiger partial charge in [-0.25, -0.2) is 0 Å². The maximum absolute atomic E-state index is 6.39. The number of thioether (sulfide) groups is 1. The Morgan fingerprint density at radius 2 is 1.64 bits per heavy atom. The molecule has 5 heteroatoms. The van der Waals surface area contributed by atoms with Crippen molar-refractivity contribution in [1.29, 1.82) is 0 Å². The van der Waals surface area contributed by atoms with E-state index in [1.807, 2.05) is 25.6 Å². The molecule has 1 fully saturated rings. The third-order valence-electron chi connectivity index (χ3n) is 5.13. The molecular formula is C20H34O3SSi. The highest BCUT2D eigenvalue weighted by atomic mass is 32.2. The first-order valence-corrected chi connectivity index (χ1v) is 13.0. The van der Waals surface area contributed by atoms with Crippen LogP contribution in [0.4, 0.5) is 0 Å². The van der Waals surface area contributed by atoms with Gasteiger partial charge in [0.1, 0.15) is 6.10 Å². The zero-order valence-electron chi connectivity index (χ0n) is 17.0. The van der Waals surface area contributed by atoms with E-state index in [1.165, 1.54) is 10.5 Å². The molecule has 1 aliphatic rings. The largest absolute Gasteiger partial charge is 0.414 e. The van der Waals surface area contributed by atoms with E-state index < -0.39 is 14.1 Å². The Hall–Kier alpha value is -0.333. The molecule has 142 valence electrons. The smallest absolute Gasteiger partial charge is 0.192 e. The fourth-order valence-corrected chi connectivity index (χ4v) is 4.49. The van der Waals surface area contributed by atoms with Crippen LogP contribution in [0.15, 0.2) is 29.2 Å². The molecule has 2 rings (SSSR count). The van der Waals surface area contributed by atoms with Crippen molar-refractivity contribution < 1.29 is 13.9 Å². The Morgan fingerprint density at radius 1 is 1.08 bits per heavy atom. The van der Waals surface area contributed by atoms with Crippen molar-refractivity contribution in [3.05, 3.63) is 29.8 Å². The molecule has 0 aromatic heterocycles. The molecule has 1 aromatic rings. The quantitative estimate of drug-likeness (QED) is 0.471. The van der Waals surface area contributed by atoms with Gasteiger partial charge >= 0.3 is 0 Å². The molecule has 0 bridgehead atoms. The van der Waals surface area contributed by atoms with Gasteiger partial charge in [0, 0.05) is 10.6 Å². The molecule has 0 amide bonds. The zero-order chi connectivity index (χ0) is 18.9. The second kappa shape index (κ2) is 7.73. The van der Waals surface area contributed by atoms with E-state index in [0.29, 0.717) is 6.61 Å². The van der Waals surface area contributed by atoms with Gasteiger partial charge in [0.2, 0.25) is 0 Å². The summed E-state index contributed by atoms with van der Waals surface area (Å²) in [7, 11) is -1.78. The van der Waals surface area contributed by atoms with E-state index >= 15 is 0 Å². The molecular weight excluding hydrogens is 348 g/mol. The van der Waals surface area contributed by atoms with E-state index in [1.54, 1.807) is 0 Å². The van der Waals surface area contributed by atoms with Crippen LogP contribution in [-0.4, -0.2) is 38.7 Å². The molecule has 1 heterocycles. The molecule has 1 aromatic carbocycles. The van der Waals surface area contributed by atoms with E-state index in [9.17, 15) is 0 Å². The van der Waals surface area contributed by atoms with Crippen LogP contribution in [0.25, 0.3) is 0 Å². The average Bonchev–Trinajstić information content (AvgIpc) is 2.78. The number of hydrogen-bond acceptors (Lipinski definition) is 4. The van der Waals surface area contributed by atoms with Crippen molar-refractivity contribution in [1.82, 2.24) is 0 Å². The van der Waals surface area contributed by atoms with E-state index in [0.717, 1.165) is 5.75 Å². The standard InChI is InChI=1S/C20H34O3SSi/c1-15-9-11-16(12-10-15)24-14-18-17(22-20(5,6)23-18)13-21-25(7,8)19(2,3)4/h9-12,17-18H,13-14H2,1-8H3. The van der Waals surface area contributed by atoms with Gasteiger partial charge in [-0.15, -0.1) is 11.8 Å². The summed E-state index contributed by atoms with van der Waals surface area (Å²) in [6.45, 7) is 18.1. The van der Waals surface area contributed by atoms with Crippen molar-refractivity contribution in [3.63, 3.8) is 0 Å². The third kappa shape index (κ3) is 5.83. The third-order valence-corrected chi connectivity index (χ3v) is 10.7. The summed E-state index contributed by atoms with van der Waals surface area (Å²) in [6.07, 6.45) is 0.0353. The van der Waals surface area contributed by atoms with Crippen LogP contribution >= 0.6 is 11.8 Å². The minimum absolute atomic E-state index is 0.0120. The summed E-state index contributed by atoms with van der Waals surface area (Å²) >= 11 is 1.82. The summed E-state index contributed by atoms with van der Waals surface area (Å²) in [6, 6.07) is 8.64. The fraction of sp³-hybridized carbons (Fsp3) is 0.700. The Bertz CT molecular complexity index is 563. The molecule has 1 saturated heterocycles. The van der Waals surface area contributed by atoms with Crippen molar-refractivity contribution in [2.45, 2.75) is 82.6 Å². The van der Waals surface area contributed by atoms with Gasteiger partial charge in [0.15, 0.2) is 14.1 Å². The summed E-state index contributed by atoms with van der Waals surface area (Å²) < 4.78 is 18.7. The maximum Gasteiger partial charge on any atom is 0.192 e. The van der Waals surface area contributed by atoms with Crippen LogP contribution in [-0.2, 0) is 13.9 Å². The lowest BCUT2D eigenvalue weighted by molar-refractivity contribution is -0.147. The lowest BCUT2D eigenvalue weighted by Crippen LogP contribution is -2.44. The Labute approximate surface area is 159 Å². The minimum atomic E-state index is -1.78. The molecule has 0 spiro atoms. The van der Waals surface area contributed by atoms with Crippen molar-refractivity contribution in [2.24, 2.45) is 0 Å². The van der Waals surface area contributed by atoms with Crippen LogP contribution in [0.5, 0.6) is 0 Å². The van der Waals surface area contributed by atoms with Crippen LogP contribution in [0.1, 0.15) is 40.2 Å². The SMILES string of the molecule is Cc1ccc(SCC2OC(C)(C)OC2CO[Si](C)(C)C(C)(C)C)cc1. The van der Waals surface area contributed by atoms with E-state index in [2.05, 4.69) is 65.1 Å². The molecule has 3 nitrogen and oxygen atoms in total. The monoisotopic (exact) mass is 382 g/mol. The highest BCUT2D eigenvalue weighted by Gasteiger charge is 2.44. The fourth-order valence-electron chi connectivity index (χ4n) is 2.51. The topological polar surface area (TPSA) is 27.7 Å². The molecule has 1 aliphatic heterocycles. The highest BCUT2D eigenvalue weighted by molar-refractivity contribution is 7.99. The predicted octanol–water partition coefficient (Wildman–Crippen LogP) is 5.63. The maximum atomic E-state index is 6.39. The van der Waals surface area contributed by atoms with Gasteiger partial charge in [0.05, 0.1) is 12.7 Å². The Kier molecular flexibility index (Phi) is 6.48. The minimum Gasteiger partial charge on any atom is -0.414 e. The van der Waals surface area contributed by atoms with Gasteiger partial charge in [0.25, 0.3) is 0 Å². The second-order valence-electron chi connectivity index (χ2n) is 8.91. The van der Waals surface area contributed by atoms with Gasteiger partial charge in [-0.2, -0.15) is 0 Å². The van der Waals surface area contributed by atoms with Crippen molar-refractivity contribution >= 4 is 20.1 Å². The van der Waals surface area contributed by atoms with Gasteiger partial charge in [-0.1, -0.05) is 38.5 Å². The van der Waals surface area contributed by atoms with Crippen LogP contribution in [0.2, 0.25) is 18.1 Å². The molecule has 2 atom stereocenters. The average molecular weight is 383 g/mol. The number of rotatable bonds is 6. The first-order chi connectivity index (χ1) is 11.4. The normalized spacial score (nSPS) is 23.8. The summed E-state index contributed by atoms with van der Waals surface area (Å²) in [5.41, 5.74) is 1.28. The summed E-state index contributed by atoms with van der Waals surface area (Å²) in [5, 5.41) is 0.203. The van der Waals surface area contributed by atoms with Gasteiger partial charge in [-0.3, -0.25) is 0 Å². The molecule has 2 unspecified atom stereocenters. The Balaban J connectivity index is 1.96. The lowest BCUT2D eigenvalue weighted by atomic mass is 10.2. The number of benzene rings is 1. The summed E-state index contributed by atoms with van der Waals surface area (Å²) in [5.74, 6) is 0.331. The first-order valence-electron chi connectivity index (χ1n) is 9.09. The molecule has 0 aliphatic carbocycles. The highest BCUT2D eigenvalue weighted by Crippen LogP contribution is 2.38. The zero-order valence-corrected chi connectivity index (χ0v) is 18.8. The molecule has 0 saturated carbocycles. The number of ether oxygens (including phenoxy) is 2. The molecule has 25 heavy (non-hydrogen) atoms. The molecule has 0 N–H and O–H groups in total. The van der Waals surface area contributed by atoms with Gasteiger partial charge in [-0.05, 0) is 51.0 Å². The number of hydrogen-bond donors (Lipinski definition) is 0. The van der Waals surface area contributed by atoms with Crippen LogP contribution in [0.3, 0.4) is 0 Å². The second-order valence-corrected chi connectivity index (χ2v) is 14.8. The predicted molar refractivity (Wildman–Crippen MR) is 109 cm³/mol.